The number of pyridine rings is 1. The van der Waals surface area contributed by atoms with Crippen molar-refractivity contribution in [3.8, 4) is 0 Å². The highest BCUT2D eigenvalue weighted by atomic mass is 32.2. The third-order valence-corrected chi connectivity index (χ3v) is 6.02. The third kappa shape index (κ3) is 3.34. The number of sulfonamides is 1. The van der Waals surface area contributed by atoms with Crippen molar-refractivity contribution < 1.29 is 8.42 Å². The maximum atomic E-state index is 12.7. The van der Waals surface area contributed by atoms with E-state index >= 15 is 0 Å². The van der Waals surface area contributed by atoms with Crippen LogP contribution in [0.3, 0.4) is 0 Å². The molecule has 1 saturated heterocycles. The largest absolute Gasteiger partial charge is 0.307 e. The lowest BCUT2D eigenvalue weighted by Gasteiger charge is -2.35. The smallest absolute Gasteiger partial charge is 0.246 e. The van der Waals surface area contributed by atoms with Gasteiger partial charge in [-0.15, -0.1) is 0 Å². The quantitative estimate of drug-likeness (QED) is 0.606. The van der Waals surface area contributed by atoms with Gasteiger partial charge < -0.3 is 10.3 Å². The van der Waals surface area contributed by atoms with Crippen molar-refractivity contribution in [3.63, 3.8) is 0 Å². The molecule has 2 rings (SSSR count). The minimum atomic E-state index is -3.60. The number of aromatic nitrogens is 1. The van der Waals surface area contributed by atoms with Crippen molar-refractivity contribution in [3.05, 3.63) is 18.3 Å². The molecule has 0 atom stereocenters. The molecule has 7 nitrogen and oxygen atoms in total. The molecule has 0 bridgehead atoms. The number of anilines is 1. The highest BCUT2D eigenvalue weighted by Crippen LogP contribution is 2.25. The first-order chi connectivity index (χ1) is 10.0. The molecule has 0 saturated carbocycles. The molecular formula is C13H23N5O2S. The molecule has 1 aromatic heterocycles. The van der Waals surface area contributed by atoms with Crippen LogP contribution in [0.2, 0.25) is 0 Å². The second kappa shape index (κ2) is 6.69. The van der Waals surface area contributed by atoms with Crippen molar-refractivity contribution in [2.24, 2.45) is 5.84 Å². The predicted molar refractivity (Wildman–Crippen MR) is 82.1 cm³/mol. The SMILES string of the molecule is CCN1CCC(N(C)S(=O)(=O)c2cccnc2NN)CC1. The van der Waals surface area contributed by atoms with Crippen molar-refractivity contribution in [2.75, 3.05) is 32.1 Å². The van der Waals surface area contributed by atoms with Crippen LogP contribution in [-0.2, 0) is 10.0 Å². The topological polar surface area (TPSA) is 91.6 Å². The molecular weight excluding hydrogens is 290 g/mol. The molecule has 1 aromatic rings. The van der Waals surface area contributed by atoms with Crippen LogP contribution in [0.25, 0.3) is 0 Å². The van der Waals surface area contributed by atoms with E-state index in [1.165, 1.54) is 16.6 Å². The van der Waals surface area contributed by atoms with E-state index in [1.54, 1.807) is 13.1 Å². The van der Waals surface area contributed by atoms with Crippen molar-refractivity contribution >= 4 is 15.8 Å². The van der Waals surface area contributed by atoms with Gasteiger partial charge in [0, 0.05) is 19.3 Å². The van der Waals surface area contributed by atoms with Gasteiger partial charge in [-0.3, -0.25) is 0 Å². The van der Waals surface area contributed by atoms with E-state index in [1.807, 2.05) is 0 Å². The van der Waals surface area contributed by atoms with E-state index in [9.17, 15) is 8.42 Å². The second-order valence-corrected chi connectivity index (χ2v) is 7.15. The number of nitrogens with zero attached hydrogens (tertiary/aromatic N) is 3. The summed E-state index contributed by atoms with van der Waals surface area (Å²) in [5.74, 6) is 5.54. The van der Waals surface area contributed by atoms with Crippen LogP contribution >= 0.6 is 0 Å². The van der Waals surface area contributed by atoms with Crippen molar-refractivity contribution in [2.45, 2.75) is 30.7 Å². The molecule has 0 unspecified atom stereocenters. The highest BCUT2D eigenvalue weighted by molar-refractivity contribution is 7.89. The third-order valence-electron chi connectivity index (χ3n) is 4.08. The number of nitrogens with two attached hydrogens (primary N) is 1. The molecule has 1 fully saturated rings. The van der Waals surface area contributed by atoms with Crippen LogP contribution in [0, 0.1) is 0 Å². The van der Waals surface area contributed by atoms with Crippen LogP contribution in [0.15, 0.2) is 23.2 Å². The summed E-state index contributed by atoms with van der Waals surface area (Å²) < 4.78 is 26.9. The van der Waals surface area contributed by atoms with E-state index in [-0.39, 0.29) is 16.8 Å². The molecule has 1 aliphatic heterocycles. The summed E-state index contributed by atoms with van der Waals surface area (Å²) in [4.78, 5) is 6.41. The number of rotatable bonds is 5. The summed E-state index contributed by atoms with van der Waals surface area (Å²) >= 11 is 0. The lowest BCUT2D eigenvalue weighted by atomic mass is 10.1. The Kier molecular flexibility index (Phi) is 5.15. The minimum absolute atomic E-state index is 0.0173. The summed E-state index contributed by atoms with van der Waals surface area (Å²) in [5, 5.41) is 0. The van der Waals surface area contributed by atoms with Gasteiger partial charge >= 0.3 is 0 Å². The average molecular weight is 313 g/mol. The van der Waals surface area contributed by atoms with Gasteiger partial charge in [0.25, 0.3) is 0 Å². The van der Waals surface area contributed by atoms with Crippen LogP contribution in [0.1, 0.15) is 19.8 Å². The molecule has 0 radical (unpaired) electrons. The van der Waals surface area contributed by atoms with Gasteiger partial charge in [0.05, 0.1) is 0 Å². The number of piperidine rings is 1. The monoisotopic (exact) mass is 313 g/mol. The first-order valence-corrected chi connectivity index (χ1v) is 8.56. The first kappa shape index (κ1) is 16.2. The van der Waals surface area contributed by atoms with Gasteiger partial charge in [0.1, 0.15) is 4.90 Å². The van der Waals surface area contributed by atoms with Crippen molar-refractivity contribution in [1.29, 1.82) is 0 Å². The zero-order valence-electron chi connectivity index (χ0n) is 12.5. The van der Waals surface area contributed by atoms with E-state index in [0.29, 0.717) is 0 Å². The molecule has 0 spiro atoms. The fraction of sp³-hybridized carbons (Fsp3) is 0.615. The number of hydrogen-bond acceptors (Lipinski definition) is 6. The van der Waals surface area contributed by atoms with E-state index < -0.39 is 10.0 Å². The molecule has 8 heteroatoms. The highest BCUT2D eigenvalue weighted by Gasteiger charge is 2.32. The Labute approximate surface area is 126 Å². The summed E-state index contributed by atoms with van der Waals surface area (Å²) in [7, 11) is -1.96. The van der Waals surface area contributed by atoms with Gasteiger partial charge in [0.15, 0.2) is 5.82 Å². The summed E-state index contributed by atoms with van der Waals surface area (Å²) in [6, 6.07) is 3.14. The number of nitrogen functional groups attached to an aromatic ring is 1. The fourth-order valence-corrected chi connectivity index (χ4v) is 4.18. The van der Waals surface area contributed by atoms with Crippen LogP contribution in [-0.4, -0.2) is 55.3 Å². The molecule has 0 aromatic carbocycles. The lowest BCUT2D eigenvalue weighted by Crippen LogP contribution is -2.45. The molecule has 0 amide bonds. The number of hydrogen-bond donors (Lipinski definition) is 2. The molecule has 1 aliphatic rings. The Hall–Kier alpha value is -1.22. The maximum Gasteiger partial charge on any atom is 0.246 e. The Morgan fingerprint density at radius 3 is 2.71 bits per heavy atom. The molecule has 2 heterocycles. The van der Waals surface area contributed by atoms with Gasteiger partial charge in [-0.1, -0.05) is 6.92 Å². The van der Waals surface area contributed by atoms with Crippen LogP contribution in [0.5, 0.6) is 0 Å². The average Bonchev–Trinajstić information content (AvgIpc) is 2.54. The first-order valence-electron chi connectivity index (χ1n) is 7.12. The van der Waals surface area contributed by atoms with Gasteiger partial charge in [0.2, 0.25) is 10.0 Å². The Morgan fingerprint density at radius 1 is 1.48 bits per heavy atom. The van der Waals surface area contributed by atoms with Gasteiger partial charge in [-0.05, 0) is 44.6 Å². The Balaban J connectivity index is 2.19. The van der Waals surface area contributed by atoms with E-state index in [0.717, 1.165) is 32.5 Å². The number of likely N-dealkylation sites (tertiary alicyclic amines) is 1. The molecule has 118 valence electrons. The summed E-state index contributed by atoms with van der Waals surface area (Å²) in [6.07, 6.45) is 3.19. The minimum Gasteiger partial charge on any atom is -0.307 e. The normalized spacial score (nSPS) is 18.1. The number of nitrogens with one attached hydrogen (secondary N) is 1. The molecule has 3 N–H and O–H groups in total. The van der Waals surface area contributed by atoms with Crippen LogP contribution < -0.4 is 11.3 Å². The molecule has 0 aliphatic carbocycles. The number of hydrazine groups is 1. The predicted octanol–water partition coefficient (Wildman–Crippen LogP) is 0.472. The Morgan fingerprint density at radius 2 is 2.14 bits per heavy atom. The molecule has 21 heavy (non-hydrogen) atoms. The summed E-state index contributed by atoms with van der Waals surface area (Å²) in [5.41, 5.74) is 2.35. The second-order valence-electron chi connectivity index (χ2n) is 5.18. The van der Waals surface area contributed by atoms with Gasteiger partial charge in [-0.25, -0.2) is 19.2 Å². The lowest BCUT2D eigenvalue weighted by molar-refractivity contribution is 0.176. The van der Waals surface area contributed by atoms with E-state index in [2.05, 4.69) is 22.2 Å². The fourth-order valence-electron chi connectivity index (χ4n) is 2.66. The van der Waals surface area contributed by atoms with Gasteiger partial charge in [-0.2, -0.15) is 4.31 Å². The zero-order chi connectivity index (χ0) is 15.5. The van der Waals surface area contributed by atoms with E-state index in [4.69, 9.17) is 5.84 Å². The standard InChI is InChI=1S/C13H23N5O2S/c1-3-18-9-6-11(7-10-18)17(2)21(19,20)12-5-4-8-15-13(12)16-14/h4-5,8,11H,3,6-7,9-10,14H2,1-2H3,(H,15,16). The maximum absolute atomic E-state index is 12.7. The zero-order valence-corrected chi connectivity index (χ0v) is 13.3. The van der Waals surface area contributed by atoms with Crippen molar-refractivity contribution in [1.82, 2.24) is 14.2 Å². The van der Waals surface area contributed by atoms with Crippen LogP contribution in [0.4, 0.5) is 5.82 Å². The summed E-state index contributed by atoms with van der Waals surface area (Å²) in [6.45, 7) is 4.98. The Bertz CT molecular complexity index is 570.